The zero-order valence-corrected chi connectivity index (χ0v) is 15.3. The number of hydrogen-bond donors (Lipinski definition) is 1. The molecule has 1 aromatic carbocycles. The second kappa shape index (κ2) is 8.07. The molecule has 1 N–H and O–H groups in total. The van der Waals surface area contributed by atoms with Crippen LogP contribution in [0.4, 0.5) is 0 Å². The van der Waals surface area contributed by atoms with Crippen LogP contribution in [0.25, 0.3) is 10.9 Å². The molecule has 0 fully saturated rings. The highest BCUT2D eigenvalue weighted by Gasteiger charge is 2.30. The lowest BCUT2D eigenvalue weighted by Crippen LogP contribution is -2.54. The van der Waals surface area contributed by atoms with E-state index in [9.17, 15) is 19.5 Å². The summed E-state index contributed by atoms with van der Waals surface area (Å²) in [7, 11) is 0. The van der Waals surface area contributed by atoms with Gasteiger partial charge in [0.15, 0.2) is 0 Å². The normalized spacial score (nSPS) is 14.8. The molecule has 0 bridgehead atoms. The van der Waals surface area contributed by atoms with E-state index in [1.165, 1.54) is 0 Å². The Morgan fingerprint density at radius 3 is 2.46 bits per heavy atom. The fourth-order valence-corrected chi connectivity index (χ4v) is 2.79. The number of carbonyl (C=O) groups is 2. The van der Waals surface area contributed by atoms with Gasteiger partial charge in [0.1, 0.15) is 11.6 Å². The van der Waals surface area contributed by atoms with Crippen LogP contribution < -0.4 is 16.0 Å². The molecule has 0 aliphatic rings. The van der Waals surface area contributed by atoms with Gasteiger partial charge in [-0.15, -0.1) is 5.10 Å². The second-order valence-electron chi connectivity index (χ2n) is 6.74. The van der Waals surface area contributed by atoms with Crippen LogP contribution in [-0.2, 0) is 9.59 Å². The predicted molar refractivity (Wildman–Crippen MR) is 94.1 cm³/mol. The van der Waals surface area contributed by atoms with Crippen molar-refractivity contribution >= 4 is 22.8 Å². The Hall–Kier alpha value is -2.77. The predicted octanol–water partition coefficient (Wildman–Crippen LogP) is 0.269. The van der Waals surface area contributed by atoms with Crippen LogP contribution in [0.15, 0.2) is 29.1 Å². The molecule has 140 valence electrons. The third-order valence-electron chi connectivity index (χ3n) is 4.52. The lowest BCUT2D eigenvalue weighted by Gasteiger charge is -2.28. The van der Waals surface area contributed by atoms with Crippen LogP contribution in [0.3, 0.4) is 0 Å². The Balaban J connectivity index is 2.43. The SMILES string of the molecule is CC[C@@H](C)[C@H](NC(=O)[C@H](C(C)C)n1nnc2ccccc2c1=O)C(=O)[O-]. The Kier molecular flexibility index (Phi) is 6.07. The molecule has 0 saturated heterocycles. The molecule has 3 atom stereocenters. The molecule has 8 nitrogen and oxygen atoms in total. The number of nitrogens with zero attached hydrogens (tertiary/aromatic N) is 3. The van der Waals surface area contributed by atoms with E-state index >= 15 is 0 Å². The molecule has 0 radical (unpaired) electrons. The highest BCUT2D eigenvalue weighted by atomic mass is 16.4. The smallest absolute Gasteiger partial charge is 0.278 e. The zero-order valence-electron chi connectivity index (χ0n) is 15.3. The van der Waals surface area contributed by atoms with Crippen LogP contribution in [0.1, 0.15) is 40.2 Å². The van der Waals surface area contributed by atoms with E-state index in [1.807, 2.05) is 6.92 Å². The molecule has 0 unspecified atom stereocenters. The van der Waals surface area contributed by atoms with Crippen molar-refractivity contribution in [3.05, 3.63) is 34.6 Å². The average Bonchev–Trinajstić information content (AvgIpc) is 2.61. The standard InChI is InChI=1S/C18H24N4O4/c1-5-11(4)14(18(25)26)19-16(23)15(10(2)3)22-17(24)12-8-6-7-9-13(12)20-21-22/h6-11,14-15H,5H2,1-4H3,(H,19,23)(H,25,26)/p-1/t11-,14+,15+/m1/s1. The molecule has 2 aromatic rings. The molecule has 0 spiro atoms. The molecular formula is C18H23N4O4-. The largest absolute Gasteiger partial charge is 0.548 e. The minimum atomic E-state index is -1.35. The van der Waals surface area contributed by atoms with E-state index in [4.69, 9.17) is 0 Å². The van der Waals surface area contributed by atoms with Crippen molar-refractivity contribution in [3.8, 4) is 0 Å². The maximum absolute atomic E-state index is 12.8. The summed E-state index contributed by atoms with van der Waals surface area (Å²) in [4.78, 5) is 36.9. The number of carbonyl (C=O) groups excluding carboxylic acids is 2. The number of benzene rings is 1. The lowest BCUT2D eigenvalue weighted by molar-refractivity contribution is -0.309. The van der Waals surface area contributed by atoms with Gasteiger partial charge in [0.2, 0.25) is 5.91 Å². The third-order valence-corrected chi connectivity index (χ3v) is 4.52. The van der Waals surface area contributed by atoms with Crippen LogP contribution in [0.2, 0.25) is 0 Å². The Labute approximate surface area is 151 Å². The van der Waals surface area contributed by atoms with Crippen molar-refractivity contribution in [1.82, 2.24) is 20.3 Å². The molecule has 1 amide bonds. The first-order valence-corrected chi connectivity index (χ1v) is 8.63. The van der Waals surface area contributed by atoms with Crippen molar-refractivity contribution in [2.24, 2.45) is 11.8 Å². The summed E-state index contributed by atoms with van der Waals surface area (Å²) >= 11 is 0. The summed E-state index contributed by atoms with van der Waals surface area (Å²) in [6, 6.07) is 4.59. The number of nitrogens with one attached hydrogen (secondary N) is 1. The molecule has 2 rings (SSSR count). The number of aromatic nitrogens is 3. The van der Waals surface area contributed by atoms with Gasteiger partial charge >= 0.3 is 0 Å². The summed E-state index contributed by atoms with van der Waals surface area (Å²) in [5.74, 6) is -2.56. The Bertz CT molecular complexity index is 862. The number of amides is 1. The first-order valence-electron chi connectivity index (χ1n) is 8.63. The van der Waals surface area contributed by atoms with E-state index in [0.29, 0.717) is 17.3 Å². The van der Waals surface area contributed by atoms with Gasteiger partial charge in [-0.25, -0.2) is 0 Å². The van der Waals surface area contributed by atoms with Gasteiger partial charge < -0.3 is 15.2 Å². The first kappa shape index (κ1) is 19.6. The molecular weight excluding hydrogens is 336 g/mol. The maximum Gasteiger partial charge on any atom is 0.278 e. The van der Waals surface area contributed by atoms with E-state index < -0.39 is 29.5 Å². The minimum absolute atomic E-state index is 0.303. The summed E-state index contributed by atoms with van der Waals surface area (Å²) in [5.41, 5.74) is -0.0122. The van der Waals surface area contributed by atoms with Crippen molar-refractivity contribution in [2.75, 3.05) is 0 Å². The van der Waals surface area contributed by atoms with Crippen LogP contribution in [-0.4, -0.2) is 32.9 Å². The van der Waals surface area contributed by atoms with Gasteiger partial charge in [-0.2, -0.15) is 4.68 Å². The number of aliphatic carboxylic acids is 1. The Morgan fingerprint density at radius 1 is 1.23 bits per heavy atom. The van der Waals surface area contributed by atoms with Gasteiger partial charge in [-0.1, -0.05) is 51.5 Å². The van der Waals surface area contributed by atoms with Crippen LogP contribution >= 0.6 is 0 Å². The summed E-state index contributed by atoms with van der Waals surface area (Å²) in [5, 5.41) is 22.1. The van der Waals surface area contributed by atoms with Gasteiger partial charge in [-0.05, 0) is 24.0 Å². The highest BCUT2D eigenvalue weighted by molar-refractivity contribution is 5.86. The van der Waals surface area contributed by atoms with Crippen molar-refractivity contribution in [3.63, 3.8) is 0 Å². The quantitative estimate of drug-likeness (QED) is 0.758. The molecule has 0 aliphatic heterocycles. The van der Waals surface area contributed by atoms with Gasteiger partial charge in [0, 0.05) is 0 Å². The van der Waals surface area contributed by atoms with Crippen LogP contribution in [0.5, 0.6) is 0 Å². The van der Waals surface area contributed by atoms with Gasteiger partial charge in [0.05, 0.1) is 17.4 Å². The lowest BCUT2D eigenvalue weighted by atomic mass is 9.97. The van der Waals surface area contributed by atoms with E-state index in [2.05, 4.69) is 15.6 Å². The number of fused-ring (bicyclic) bond motifs is 1. The monoisotopic (exact) mass is 359 g/mol. The van der Waals surface area contributed by atoms with Gasteiger partial charge in [-0.3, -0.25) is 9.59 Å². The van der Waals surface area contributed by atoms with E-state index in [1.54, 1.807) is 45.0 Å². The number of carboxylic acid groups (broad SMARTS) is 1. The minimum Gasteiger partial charge on any atom is -0.548 e. The molecule has 26 heavy (non-hydrogen) atoms. The summed E-state index contributed by atoms with van der Waals surface area (Å²) in [6.45, 7) is 7.05. The fraction of sp³-hybridized carbons (Fsp3) is 0.500. The zero-order chi connectivity index (χ0) is 19.4. The second-order valence-corrected chi connectivity index (χ2v) is 6.74. The molecule has 1 heterocycles. The topological polar surface area (TPSA) is 117 Å². The highest BCUT2D eigenvalue weighted by Crippen LogP contribution is 2.17. The molecule has 0 aliphatic carbocycles. The molecule has 0 saturated carbocycles. The van der Waals surface area contributed by atoms with Gasteiger partial charge in [0.25, 0.3) is 5.56 Å². The van der Waals surface area contributed by atoms with E-state index in [-0.39, 0.29) is 11.8 Å². The van der Waals surface area contributed by atoms with E-state index in [0.717, 1.165) is 4.68 Å². The van der Waals surface area contributed by atoms with Crippen LogP contribution in [0, 0.1) is 11.8 Å². The summed E-state index contributed by atoms with van der Waals surface area (Å²) in [6.07, 6.45) is 0.557. The Morgan fingerprint density at radius 2 is 1.88 bits per heavy atom. The number of hydrogen-bond acceptors (Lipinski definition) is 6. The number of rotatable bonds is 7. The fourth-order valence-electron chi connectivity index (χ4n) is 2.79. The first-order chi connectivity index (χ1) is 12.3. The maximum atomic E-state index is 12.8. The number of carboxylic acids is 1. The summed E-state index contributed by atoms with van der Waals surface area (Å²) < 4.78 is 1.02. The van der Waals surface area contributed by atoms with Crippen molar-refractivity contribution in [2.45, 2.75) is 46.2 Å². The molecule has 1 aromatic heterocycles. The molecule has 8 heteroatoms. The van der Waals surface area contributed by atoms with Crippen molar-refractivity contribution in [1.29, 1.82) is 0 Å². The van der Waals surface area contributed by atoms with Crippen molar-refractivity contribution < 1.29 is 14.7 Å². The third kappa shape index (κ3) is 3.89. The average molecular weight is 359 g/mol.